The number of amides is 2. The van der Waals surface area contributed by atoms with Gasteiger partial charge in [-0.3, -0.25) is 19.2 Å². The molecule has 2 amide bonds. The van der Waals surface area contributed by atoms with Crippen LogP contribution in [0.4, 0.5) is 0 Å². The molecule has 0 bridgehead atoms. The molecule has 2 heterocycles. The van der Waals surface area contributed by atoms with Crippen molar-refractivity contribution in [2.45, 2.75) is 20.5 Å². The first-order valence-corrected chi connectivity index (χ1v) is 14.3. The topological polar surface area (TPSA) is 102 Å². The van der Waals surface area contributed by atoms with E-state index in [1.165, 1.54) is 11.1 Å². The van der Waals surface area contributed by atoms with E-state index in [0.29, 0.717) is 16.9 Å². The number of hydrogen-bond acceptors (Lipinski definition) is 8. The van der Waals surface area contributed by atoms with E-state index < -0.39 is 38.9 Å². The molecule has 1 N–H and O–H groups in total. The number of esters is 1. The van der Waals surface area contributed by atoms with Crippen LogP contribution in [0.3, 0.4) is 0 Å². The van der Waals surface area contributed by atoms with E-state index >= 15 is 0 Å². The molecule has 0 saturated carbocycles. The van der Waals surface area contributed by atoms with Crippen molar-refractivity contribution in [1.29, 1.82) is 0 Å². The quantitative estimate of drug-likeness (QED) is 0.254. The first-order chi connectivity index (χ1) is 18.1. The molecule has 0 aliphatic carbocycles. The van der Waals surface area contributed by atoms with Gasteiger partial charge in [-0.15, -0.1) is 11.8 Å². The third-order valence-corrected chi connectivity index (χ3v) is 8.25. The molecule has 3 atom stereocenters. The minimum absolute atomic E-state index is 0.132. The number of thioether (sulfide) groups is 2. The van der Waals surface area contributed by atoms with E-state index in [2.05, 4.69) is 5.32 Å². The van der Waals surface area contributed by atoms with Crippen molar-refractivity contribution in [2.75, 3.05) is 19.0 Å². The lowest BCUT2D eigenvalue weighted by molar-refractivity contribution is -0.146. The Kier molecular flexibility index (Phi) is 9.54. The van der Waals surface area contributed by atoms with Gasteiger partial charge in [0, 0.05) is 17.5 Å². The van der Waals surface area contributed by atoms with Gasteiger partial charge in [0.25, 0.3) is 11.8 Å². The van der Waals surface area contributed by atoms with Crippen molar-refractivity contribution in [3.8, 4) is 5.75 Å². The van der Waals surface area contributed by atoms with Crippen LogP contribution in [0.5, 0.6) is 5.75 Å². The number of ether oxygens (including phenoxy) is 2. The first-order valence-electron chi connectivity index (χ1n) is 11.2. The third kappa shape index (κ3) is 7.39. The molecule has 0 radical (unpaired) electrons. The van der Waals surface area contributed by atoms with Crippen LogP contribution in [0.2, 0.25) is 0 Å². The predicted octanol–water partition coefficient (Wildman–Crippen LogP) is 4.20. The summed E-state index contributed by atoms with van der Waals surface area (Å²) in [5.41, 5.74) is 0.996. The fourth-order valence-electron chi connectivity index (χ4n) is 3.61. The molecule has 2 aliphatic heterocycles. The maximum Gasteiger partial charge on any atom is 0.323 e. The summed E-state index contributed by atoms with van der Waals surface area (Å²) in [5, 5.41) is 1.02. The summed E-state index contributed by atoms with van der Waals surface area (Å²) in [6.45, 7) is -0.750. The summed E-state index contributed by atoms with van der Waals surface area (Å²) in [6, 6.07) is 16.6. The molecule has 13 heteroatoms. The lowest BCUT2D eigenvalue weighted by Crippen LogP contribution is -2.69. The molecule has 0 aromatic heterocycles. The highest BCUT2D eigenvalue weighted by atomic mass is 35.6. The molecular formula is C25H21Cl3N2O6S2. The fourth-order valence-corrected chi connectivity index (χ4v) is 6.13. The van der Waals surface area contributed by atoms with Gasteiger partial charge in [0.05, 0.1) is 0 Å². The molecule has 4 rings (SSSR count). The predicted molar refractivity (Wildman–Crippen MR) is 148 cm³/mol. The Morgan fingerprint density at radius 2 is 1.68 bits per heavy atom. The number of halogens is 3. The van der Waals surface area contributed by atoms with Crippen LogP contribution in [0.15, 0.2) is 72.4 Å². The molecule has 2 aliphatic rings. The van der Waals surface area contributed by atoms with E-state index in [4.69, 9.17) is 44.3 Å². The van der Waals surface area contributed by atoms with Crippen LogP contribution in [0.1, 0.15) is 10.4 Å². The highest BCUT2D eigenvalue weighted by molar-refractivity contribution is 8.14. The zero-order valence-corrected chi connectivity index (χ0v) is 23.5. The van der Waals surface area contributed by atoms with Crippen molar-refractivity contribution in [3.63, 3.8) is 0 Å². The van der Waals surface area contributed by atoms with Crippen LogP contribution in [0.25, 0.3) is 0 Å². The molecule has 2 aromatic carbocycles. The molecule has 2 aromatic rings. The van der Waals surface area contributed by atoms with Crippen LogP contribution in [0, 0.1) is 0 Å². The summed E-state index contributed by atoms with van der Waals surface area (Å²) in [7, 11) is 0. The summed E-state index contributed by atoms with van der Waals surface area (Å²) in [6.07, 6.45) is 1.53. The van der Waals surface area contributed by atoms with Crippen LogP contribution in [-0.4, -0.2) is 67.2 Å². The number of benzene rings is 2. The lowest BCUT2D eigenvalue weighted by atomic mass is 10.1. The fraction of sp³-hybridized carbons (Fsp3) is 0.280. The van der Waals surface area contributed by atoms with Gasteiger partial charge < -0.3 is 19.7 Å². The molecule has 2 unspecified atom stereocenters. The zero-order chi connectivity index (χ0) is 27.3. The second-order valence-electron chi connectivity index (χ2n) is 8.17. The number of rotatable bonds is 9. The van der Waals surface area contributed by atoms with E-state index in [9.17, 15) is 19.2 Å². The Balaban J connectivity index is 1.43. The van der Waals surface area contributed by atoms with E-state index in [1.807, 2.05) is 6.07 Å². The van der Waals surface area contributed by atoms with Gasteiger partial charge in [-0.2, -0.15) is 0 Å². The molecular weight excluding hydrogens is 595 g/mol. The first kappa shape index (κ1) is 28.6. The number of hydrogen-bond donors (Lipinski definition) is 1. The third-order valence-electron chi connectivity index (χ3n) is 5.40. The van der Waals surface area contributed by atoms with E-state index in [0.717, 1.165) is 23.5 Å². The normalized spacial score (nSPS) is 20.5. The van der Waals surface area contributed by atoms with Gasteiger partial charge in [0.15, 0.2) is 6.61 Å². The van der Waals surface area contributed by atoms with E-state index in [1.54, 1.807) is 54.6 Å². The Labute approximate surface area is 242 Å². The number of alkyl halides is 3. The van der Waals surface area contributed by atoms with Crippen LogP contribution >= 0.6 is 58.3 Å². The lowest BCUT2D eigenvalue weighted by Gasteiger charge is -2.48. The van der Waals surface area contributed by atoms with Gasteiger partial charge in [0.1, 0.15) is 29.0 Å². The number of fused-ring (bicyclic) bond motifs is 1. The Bertz CT molecular complexity index is 1230. The van der Waals surface area contributed by atoms with Crippen LogP contribution < -0.4 is 10.1 Å². The summed E-state index contributed by atoms with van der Waals surface area (Å²) < 4.78 is 8.84. The zero-order valence-electron chi connectivity index (χ0n) is 19.6. The Morgan fingerprint density at radius 3 is 2.34 bits per heavy atom. The van der Waals surface area contributed by atoms with Crippen molar-refractivity contribution >= 4 is 81.2 Å². The average Bonchev–Trinajstić information content (AvgIpc) is 2.92. The molecule has 0 spiro atoms. The van der Waals surface area contributed by atoms with Gasteiger partial charge >= 0.3 is 5.97 Å². The Hall–Kier alpha value is -2.37. The molecule has 200 valence electrons. The maximum atomic E-state index is 13.0. The highest BCUT2D eigenvalue weighted by Gasteiger charge is 2.53. The summed E-state index contributed by atoms with van der Waals surface area (Å²) >= 11 is 19.3. The Morgan fingerprint density at radius 1 is 1.03 bits per heavy atom. The van der Waals surface area contributed by atoms with Gasteiger partial charge in [-0.1, -0.05) is 95.1 Å². The van der Waals surface area contributed by atoms with Crippen molar-refractivity contribution in [1.82, 2.24) is 10.2 Å². The number of carbonyl (C=O) groups excluding carboxylic acids is 4. The van der Waals surface area contributed by atoms with Gasteiger partial charge in [-0.25, -0.2) is 0 Å². The number of nitrogens with zero attached hydrogens (tertiary/aromatic N) is 1. The van der Waals surface area contributed by atoms with Crippen LogP contribution in [-0.2, 0) is 19.1 Å². The number of β-lactam (4-membered cyclic amide) rings is 1. The monoisotopic (exact) mass is 614 g/mol. The number of carbonyl (C=O) groups is 4. The molecule has 38 heavy (non-hydrogen) atoms. The van der Waals surface area contributed by atoms with Gasteiger partial charge in [0.2, 0.25) is 8.91 Å². The maximum absolute atomic E-state index is 13.0. The van der Waals surface area contributed by atoms with Crippen molar-refractivity contribution in [3.05, 3.63) is 78.0 Å². The number of nitrogens with one attached hydrogen (secondary N) is 1. The summed E-state index contributed by atoms with van der Waals surface area (Å²) in [4.78, 5) is 52.2. The summed E-state index contributed by atoms with van der Waals surface area (Å²) in [5.74, 6) is -0.866. The second-order valence-corrected chi connectivity index (χ2v) is 12.9. The highest BCUT2D eigenvalue weighted by Crippen LogP contribution is 2.42. The second kappa shape index (κ2) is 12.7. The standard InChI is InChI=1S/C25H21Cl3N2O6S2/c26-25(27,28)14-36-23(33)20-16(13-37-24(34)15-7-3-1-4-8-15)11-30-21(32)19(22(30)38-20)29-18(31)12-35-17-9-5-2-6-10-17/h1-11,19-20,22H,12-14H2,(H,29,31)/t19?,20?,22-/m1/s1. The molecule has 1 saturated heterocycles. The van der Waals surface area contributed by atoms with Crippen molar-refractivity contribution in [2.24, 2.45) is 0 Å². The average molecular weight is 616 g/mol. The van der Waals surface area contributed by atoms with E-state index in [-0.39, 0.29) is 23.4 Å². The molecule has 8 nitrogen and oxygen atoms in total. The smallest absolute Gasteiger partial charge is 0.323 e. The van der Waals surface area contributed by atoms with Gasteiger partial charge in [-0.05, 0) is 17.7 Å². The van der Waals surface area contributed by atoms with Crippen molar-refractivity contribution < 1.29 is 28.7 Å². The number of para-hydroxylation sites is 1. The minimum atomic E-state index is -1.80. The molecule has 1 fully saturated rings. The SMILES string of the molecule is O=C(COc1ccccc1)NC1C(=O)N2C=C(CSC(=O)c3ccccc3)C(C(=O)OCC(Cl)(Cl)Cl)S[C@H]12. The largest absolute Gasteiger partial charge is 0.484 e. The minimum Gasteiger partial charge on any atom is -0.484 e.